The molecule has 1 unspecified atom stereocenters. The van der Waals surface area contributed by atoms with Crippen LogP contribution in [-0.2, 0) is 9.59 Å². The van der Waals surface area contributed by atoms with E-state index in [0.29, 0.717) is 32.7 Å². The molecule has 0 radical (unpaired) electrons. The van der Waals surface area contributed by atoms with E-state index in [1.165, 1.54) is 6.07 Å². The highest BCUT2D eigenvalue weighted by Crippen LogP contribution is 2.32. The van der Waals surface area contributed by atoms with Crippen LogP contribution in [0.2, 0.25) is 0 Å². The first-order chi connectivity index (χ1) is 14.5. The predicted octanol–water partition coefficient (Wildman–Crippen LogP) is 2.49. The molecule has 1 atom stereocenters. The first-order valence-electron chi connectivity index (χ1n) is 9.86. The summed E-state index contributed by atoms with van der Waals surface area (Å²) in [4.78, 5) is 43.2. The van der Waals surface area contributed by atoms with Crippen molar-refractivity contribution in [1.29, 1.82) is 0 Å². The van der Waals surface area contributed by atoms with Gasteiger partial charge in [0, 0.05) is 43.6 Å². The van der Waals surface area contributed by atoms with Gasteiger partial charge in [-0.25, -0.2) is 0 Å². The van der Waals surface area contributed by atoms with E-state index in [1.807, 2.05) is 24.3 Å². The van der Waals surface area contributed by atoms with E-state index in [9.17, 15) is 19.5 Å². The number of rotatable bonds is 3. The Morgan fingerprint density at radius 1 is 0.933 bits per heavy atom. The molecular formula is C22H22BrN3O4. The summed E-state index contributed by atoms with van der Waals surface area (Å²) >= 11 is 3.47. The molecule has 3 amide bonds. The second kappa shape index (κ2) is 8.47. The Bertz CT molecular complexity index is 988. The maximum atomic E-state index is 13.0. The molecule has 8 heteroatoms. The number of carbonyl (C=O) groups excluding carboxylic acids is 3. The Hall–Kier alpha value is -2.87. The highest BCUT2D eigenvalue weighted by atomic mass is 79.9. The quantitative estimate of drug-likeness (QED) is 0.745. The van der Waals surface area contributed by atoms with Gasteiger partial charge in [-0.15, -0.1) is 0 Å². The fourth-order valence-electron chi connectivity index (χ4n) is 3.99. The van der Waals surface area contributed by atoms with Crippen LogP contribution in [0.5, 0.6) is 5.75 Å². The molecule has 0 aliphatic carbocycles. The predicted molar refractivity (Wildman–Crippen MR) is 115 cm³/mol. The number of anilines is 1. The number of phenols is 1. The van der Waals surface area contributed by atoms with Crippen molar-refractivity contribution in [3.63, 3.8) is 0 Å². The molecule has 7 nitrogen and oxygen atoms in total. The molecule has 0 aromatic heterocycles. The van der Waals surface area contributed by atoms with Gasteiger partial charge < -0.3 is 19.8 Å². The minimum atomic E-state index is -0.384. The number of nitrogens with zero attached hydrogens (tertiary/aromatic N) is 3. The fourth-order valence-corrected chi connectivity index (χ4v) is 4.49. The maximum absolute atomic E-state index is 13.0. The average Bonchev–Trinajstić information content (AvgIpc) is 3.15. The molecule has 2 fully saturated rings. The van der Waals surface area contributed by atoms with E-state index in [-0.39, 0.29) is 41.4 Å². The van der Waals surface area contributed by atoms with Crippen molar-refractivity contribution in [1.82, 2.24) is 9.80 Å². The van der Waals surface area contributed by atoms with E-state index in [2.05, 4.69) is 15.9 Å². The fraction of sp³-hybridized carbons (Fsp3) is 0.318. The Labute approximate surface area is 183 Å². The lowest BCUT2D eigenvalue weighted by molar-refractivity contribution is -0.137. The topological polar surface area (TPSA) is 81.2 Å². The summed E-state index contributed by atoms with van der Waals surface area (Å²) in [5.74, 6) is -0.778. The van der Waals surface area contributed by atoms with E-state index >= 15 is 0 Å². The average molecular weight is 472 g/mol. The lowest BCUT2D eigenvalue weighted by atomic mass is 10.1. The molecule has 2 aromatic rings. The number of benzene rings is 2. The number of aromatic hydroxyl groups is 1. The normalized spacial score (nSPS) is 19.3. The summed E-state index contributed by atoms with van der Waals surface area (Å²) in [7, 11) is 0. The standard InChI is InChI=1S/C22H22BrN3O4/c23-17-6-2-3-7-18(17)26-14-15(13-20(26)28)21(29)24-9-11-25(12-10-24)22(30)16-5-1-4-8-19(16)27/h1-8,15,27H,9-14H2. The molecule has 0 spiro atoms. The Morgan fingerprint density at radius 3 is 2.27 bits per heavy atom. The summed E-state index contributed by atoms with van der Waals surface area (Å²) in [5.41, 5.74) is 1.04. The summed E-state index contributed by atoms with van der Waals surface area (Å²) in [6.45, 7) is 1.98. The van der Waals surface area contributed by atoms with Gasteiger partial charge in [0.25, 0.3) is 5.91 Å². The van der Waals surface area contributed by atoms with Crippen LogP contribution in [0.4, 0.5) is 5.69 Å². The highest BCUT2D eigenvalue weighted by Gasteiger charge is 2.38. The summed E-state index contributed by atoms with van der Waals surface area (Å²) in [5, 5.41) is 9.91. The first kappa shape index (κ1) is 20.4. The lowest BCUT2D eigenvalue weighted by Gasteiger charge is -2.36. The second-order valence-corrected chi connectivity index (χ2v) is 8.35. The zero-order valence-corrected chi connectivity index (χ0v) is 17.9. The minimum Gasteiger partial charge on any atom is -0.507 e. The summed E-state index contributed by atoms with van der Waals surface area (Å²) in [6.07, 6.45) is 0.192. The Balaban J connectivity index is 1.37. The summed E-state index contributed by atoms with van der Waals surface area (Å²) in [6, 6.07) is 13.9. The number of hydrogen-bond donors (Lipinski definition) is 1. The first-order valence-corrected chi connectivity index (χ1v) is 10.7. The van der Waals surface area contributed by atoms with Gasteiger partial charge in [0.2, 0.25) is 11.8 Å². The van der Waals surface area contributed by atoms with E-state index < -0.39 is 0 Å². The van der Waals surface area contributed by atoms with Gasteiger partial charge in [0.1, 0.15) is 5.75 Å². The number of hydrogen-bond acceptors (Lipinski definition) is 4. The van der Waals surface area contributed by atoms with Crippen LogP contribution >= 0.6 is 15.9 Å². The molecule has 2 saturated heterocycles. The van der Waals surface area contributed by atoms with Gasteiger partial charge in [-0.1, -0.05) is 24.3 Å². The van der Waals surface area contributed by atoms with Crippen LogP contribution in [0, 0.1) is 5.92 Å². The SMILES string of the molecule is O=C(c1ccccc1O)N1CCN(C(=O)C2CC(=O)N(c3ccccc3Br)C2)CC1. The number of amides is 3. The molecule has 2 aromatic carbocycles. The van der Waals surface area contributed by atoms with Gasteiger partial charge in [-0.05, 0) is 40.2 Å². The molecule has 156 valence electrons. The van der Waals surface area contributed by atoms with E-state index in [4.69, 9.17) is 0 Å². The smallest absolute Gasteiger partial charge is 0.257 e. The third-order valence-electron chi connectivity index (χ3n) is 5.63. The molecule has 4 rings (SSSR count). The number of carbonyl (C=O) groups is 3. The lowest BCUT2D eigenvalue weighted by Crippen LogP contribution is -2.52. The summed E-state index contributed by atoms with van der Waals surface area (Å²) < 4.78 is 0.822. The van der Waals surface area contributed by atoms with Gasteiger partial charge in [-0.3, -0.25) is 14.4 Å². The Kier molecular flexibility index (Phi) is 5.76. The van der Waals surface area contributed by atoms with Crippen LogP contribution in [-0.4, -0.2) is 65.4 Å². The van der Waals surface area contributed by atoms with Crippen molar-refractivity contribution in [2.45, 2.75) is 6.42 Å². The molecule has 0 saturated carbocycles. The van der Waals surface area contributed by atoms with Gasteiger partial charge in [0.05, 0.1) is 17.2 Å². The number of piperazine rings is 1. The van der Waals surface area contributed by atoms with Crippen LogP contribution in [0.15, 0.2) is 53.0 Å². The molecule has 2 heterocycles. The number of phenolic OH excluding ortho intramolecular Hbond substituents is 1. The minimum absolute atomic E-state index is 0.0439. The Morgan fingerprint density at radius 2 is 1.57 bits per heavy atom. The zero-order chi connectivity index (χ0) is 21.3. The van der Waals surface area contributed by atoms with Gasteiger partial charge in [0.15, 0.2) is 0 Å². The molecule has 1 N–H and O–H groups in total. The van der Waals surface area contributed by atoms with E-state index in [0.717, 1.165) is 10.2 Å². The van der Waals surface area contributed by atoms with Crippen molar-refractivity contribution in [3.8, 4) is 5.75 Å². The van der Waals surface area contributed by atoms with Crippen LogP contribution in [0.25, 0.3) is 0 Å². The third kappa shape index (κ3) is 3.92. The molecule has 2 aliphatic rings. The monoisotopic (exact) mass is 471 g/mol. The molecule has 30 heavy (non-hydrogen) atoms. The van der Waals surface area contributed by atoms with Crippen molar-refractivity contribution < 1.29 is 19.5 Å². The van der Waals surface area contributed by atoms with Crippen LogP contribution in [0.3, 0.4) is 0 Å². The van der Waals surface area contributed by atoms with Crippen molar-refractivity contribution >= 4 is 39.3 Å². The van der Waals surface area contributed by atoms with Crippen molar-refractivity contribution in [2.75, 3.05) is 37.6 Å². The second-order valence-electron chi connectivity index (χ2n) is 7.49. The van der Waals surface area contributed by atoms with E-state index in [1.54, 1.807) is 32.9 Å². The molecule has 2 aliphatic heterocycles. The van der Waals surface area contributed by atoms with Crippen molar-refractivity contribution in [3.05, 3.63) is 58.6 Å². The van der Waals surface area contributed by atoms with Gasteiger partial charge >= 0.3 is 0 Å². The number of halogens is 1. The van der Waals surface area contributed by atoms with Crippen LogP contribution < -0.4 is 4.90 Å². The zero-order valence-electron chi connectivity index (χ0n) is 16.3. The highest BCUT2D eigenvalue weighted by molar-refractivity contribution is 9.10. The number of para-hydroxylation sites is 2. The third-order valence-corrected chi connectivity index (χ3v) is 6.30. The maximum Gasteiger partial charge on any atom is 0.257 e. The van der Waals surface area contributed by atoms with Gasteiger partial charge in [-0.2, -0.15) is 0 Å². The largest absolute Gasteiger partial charge is 0.507 e. The molecule has 0 bridgehead atoms. The van der Waals surface area contributed by atoms with Crippen molar-refractivity contribution in [2.24, 2.45) is 5.92 Å². The molecular weight excluding hydrogens is 450 g/mol. The van der Waals surface area contributed by atoms with Crippen LogP contribution in [0.1, 0.15) is 16.8 Å².